The number of amides is 1. The fourth-order valence-electron chi connectivity index (χ4n) is 3.00. The van der Waals surface area contributed by atoms with E-state index in [1.165, 1.54) is 12.1 Å². The first-order valence-corrected chi connectivity index (χ1v) is 8.31. The normalized spacial score (nSPS) is 10.8. The summed E-state index contributed by atoms with van der Waals surface area (Å²) in [5, 5.41) is 3.34. The van der Waals surface area contributed by atoms with E-state index < -0.39 is 5.82 Å². The van der Waals surface area contributed by atoms with Gasteiger partial charge in [0, 0.05) is 23.9 Å². The molecule has 0 bridgehead atoms. The lowest BCUT2D eigenvalue weighted by molar-refractivity contribution is 0.0958. The first-order chi connectivity index (χ1) is 12.2. The van der Waals surface area contributed by atoms with Crippen molar-refractivity contribution in [1.29, 1.82) is 0 Å². The third-order valence-electron chi connectivity index (χ3n) is 4.03. The molecule has 0 aliphatic carbocycles. The maximum absolute atomic E-state index is 13.9. The molecule has 2 aromatic carbocycles. The molecule has 0 aliphatic rings. The van der Waals surface area contributed by atoms with Gasteiger partial charge in [0.25, 0.3) is 5.91 Å². The zero-order valence-electron chi connectivity index (χ0n) is 14.1. The average molecular weight is 337 g/mol. The van der Waals surface area contributed by atoms with Crippen LogP contribution in [0.1, 0.15) is 23.0 Å². The molecule has 1 aromatic heterocycles. The highest BCUT2D eigenvalue weighted by atomic mass is 19.1. The van der Waals surface area contributed by atoms with E-state index in [1.54, 1.807) is 6.07 Å². The summed E-state index contributed by atoms with van der Waals surface area (Å²) in [5.41, 5.74) is 9.12. The zero-order valence-corrected chi connectivity index (χ0v) is 14.1. The molecule has 1 heterocycles. The van der Waals surface area contributed by atoms with Crippen molar-refractivity contribution in [1.82, 2.24) is 10.3 Å². The second kappa shape index (κ2) is 7.40. The lowest BCUT2D eigenvalue weighted by Crippen LogP contribution is -2.24. The minimum absolute atomic E-state index is 0.238. The molecule has 4 nitrogen and oxygen atoms in total. The van der Waals surface area contributed by atoms with Gasteiger partial charge in [0.1, 0.15) is 5.82 Å². The highest BCUT2D eigenvalue weighted by Gasteiger charge is 2.21. The van der Waals surface area contributed by atoms with Crippen molar-refractivity contribution in [3.8, 4) is 11.1 Å². The molecule has 0 atom stereocenters. The number of hydrogen-bond acceptors (Lipinski definition) is 3. The number of nitrogens with two attached hydrogens (primary N) is 1. The number of rotatable bonds is 5. The summed E-state index contributed by atoms with van der Waals surface area (Å²) < 4.78 is 13.9. The second-order valence-corrected chi connectivity index (χ2v) is 5.73. The van der Waals surface area contributed by atoms with Gasteiger partial charge in [-0.1, -0.05) is 30.3 Å². The number of nitrogens with zero attached hydrogens (tertiary/aromatic N) is 1. The Morgan fingerprint density at radius 2 is 1.96 bits per heavy atom. The molecule has 0 spiro atoms. The van der Waals surface area contributed by atoms with Gasteiger partial charge >= 0.3 is 0 Å². The molecular weight excluding hydrogens is 317 g/mol. The SMILES string of the molecule is CCNC(=O)c1c(-c2ccccc2)c(CCN)nc2ccc(F)cc12. The van der Waals surface area contributed by atoms with Gasteiger partial charge in [-0.3, -0.25) is 9.78 Å². The Morgan fingerprint density at radius 3 is 2.64 bits per heavy atom. The summed E-state index contributed by atoms with van der Waals surface area (Å²) in [6.07, 6.45) is 0.532. The summed E-state index contributed by atoms with van der Waals surface area (Å²) in [7, 11) is 0. The third kappa shape index (κ3) is 3.37. The molecule has 3 N–H and O–H groups in total. The van der Waals surface area contributed by atoms with E-state index in [1.807, 2.05) is 37.3 Å². The van der Waals surface area contributed by atoms with Gasteiger partial charge in [0.15, 0.2) is 0 Å². The molecule has 0 aliphatic heterocycles. The summed E-state index contributed by atoms with van der Waals surface area (Å²) in [5.74, 6) is -0.636. The van der Waals surface area contributed by atoms with Crippen molar-refractivity contribution < 1.29 is 9.18 Å². The number of hydrogen-bond donors (Lipinski definition) is 2. The quantitative estimate of drug-likeness (QED) is 0.751. The molecule has 3 rings (SSSR count). The van der Waals surface area contributed by atoms with E-state index in [0.717, 1.165) is 16.8 Å². The Morgan fingerprint density at radius 1 is 1.20 bits per heavy atom. The molecule has 0 radical (unpaired) electrons. The van der Waals surface area contributed by atoms with E-state index in [2.05, 4.69) is 10.3 Å². The predicted molar refractivity (Wildman–Crippen MR) is 97.9 cm³/mol. The van der Waals surface area contributed by atoms with Crippen LogP contribution in [0.3, 0.4) is 0 Å². The molecule has 25 heavy (non-hydrogen) atoms. The van der Waals surface area contributed by atoms with E-state index >= 15 is 0 Å². The van der Waals surface area contributed by atoms with Crippen LogP contribution >= 0.6 is 0 Å². The maximum atomic E-state index is 13.9. The number of halogens is 1. The van der Waals surface area contributed by atoms with Crippen molar-refractivity contribution in [2.24, 2.45) is 5.73 Å². The first-order valence-electron chi connectivity index (χ1n) is 8.31. The van der Waals surface area contributed by atoms with Crippen LogP contribution in [0.5, 0.6) is 0 Å². The largest absolute Gasteiger partial charge is 0.352 e. The van der Waals surface area contributed by atoms with Crippen LogP contribution in [0.4, 0.5) is 4.39 Å². The lowest BCUT2D eigenvalue weighted by atomic mass is 9.92. The molecule has 0 saturated carbocycles. The van der Waals surface area contributed by atoms with Crippen LogP contribution in [0.2, 0.25) is 0 Å². The number of carbonyl (C=O) groups is 1. The Balaban J connectivity index is 2.41. The first kappa shape index (κ1) is 17.0. The predicted octanol–water partition coefficient (Wildman–Crippen LogP) is 3.29. The molecule has 128 valence electrons. The van der Waals surface area contributed by atoms with Crippen LogP contribution in [0.15, 0.2) is 48.5 Å². The third-order valence-corrected chi connectivity index (χ3v) is 4.03. The Hall–Kier alpha value is -2.79. The number of pyridine rings is 1. The second-order valence-electron chi connectivity index (χ2n) is 5.73. The Labute approximate surface area is 145 Å². The van der Waals surface area contributed by atoms with Crippen LogP contribution in [0, 0.1) is 5.82 Å². The van der Waals surface area contributed by atoms with E-state index in [4.69, 9.17) is 5.73 Å². The zero-order chi connectivity index (χ0) is 17.8. The monoisotopic (exact) mass is 337 g/mol. The van der Waals surface area contributed by atoms with Gasteiger partial charge in [-0.25, -0.2) is 4.39 Å². The number of aromatic nitrogens is 1. The van der Waals surface area contributed by atoms with E-state index in [0.29, 0.717) is 36.0 Å². The highest BCUT2D eigenvalue weighted by molar-refractivity contribution is 6.12. The van der Waals surface area contributed by atoms with E-state index in [-0.39, 0.29) is 5.91 Å². The molecule has 3 aromatic rings. The lowest BCUT2D eigenvalue weighted by Gasteiger charge is -2.17. The van der Waals surface area contributed by atoms with Crippen LogP contribution in [0.25, 0.3) is 22.0 Å². The number of nitrogens with one attached hydrogen (secondary N) is 1. The number of benzene rings is 2. The van der Waals surface area contributed by atoms with Crippen LogP contribution < -0.4 is 11.1 Å². The van der Waals surface area contributed by atoms with Gasteiger partial charge in [-0.15, -0.1) is 0 Å². The van der Waals surface area contributed by atoms with Crippen molar-refractivity contribution >= 4 is 16.8 Å². The highest BCUT2D eigenvalue weighted by Crippen LogP contribution is 2.33. The molecule has 0 fully saturated rings. The summed E-state index contributed by atoms with van der Waals surface area (Å²) in [6, 6.07) is 13.9. The molecule has 0 unspecified atom stereocenters. The van der Waals surface area contributed by atoms with Gasteiger partial charge < -0.3 is 11.1 Å². The van der Waals surface area contributed by atoms with Gasteiger partial charge in [0.2, 0.25) is 0 Å². The molecular formula is C20H20FN3O. The Bertz CT molecular complexity index is 910. The fraction of sp³-hybridized carbons (Fsp3) is 0.200. The molecule has 0 saturated heterocycles. The standard InChI is InChI=1S/C20H20FN3O/c1-2-23-20(25)19-15-12-14(21)8-9-16(15)24-17(10-11-22)18(19)13-6-4-3-5-7-13/h3-9,12H,2,10-11,22H2,1H3,(H,23,25). The maximum Gasteiger partial charge on any atom is 0.252 e. The summed E-state index contributed by atoms with van der Waals surface area (Å²) in [4.78, 5) is 17.5. The van der Waals surface area contributed by atoms with Gasteiger partial charge in [0.05, 0.1) is 16.8 Å². The number of fused-ring (bicyclic) bond motifs is 1. The van der Waals surface area contributed by atoms with Crippen molar-refractivity contribution in [3.63, 3.8) is 0 Å². The average Bonchev–Trinajstić information content (AvgIpc) is 2.62. The van der Waals surface area contributed by atoms with E-state index in [9.17, 15) is 9.18 Å². The Kier molecular flexibility index (Phi) is 5.05. The van der Waals surface area contributed by atoms with Crippen LogP contribution in [-0.4, -0.2) is 24.0 Å². The van der Waals surface area contributed by atoms with Crippen molar-refractivity contribution in [3.05, 3.63) is 65.6 Å². The topological polar surface area (TPSA) is 68.0 Å². The van der Waals surface area contributed by atoms with Crippen molar-refractivity contribution in [2.75, 3.05) is 13.1 Å². The van der Waals surface area contributed by atoms with Gasteiger partial charge in [-0.05, 0) is 37.2 Å². The minimum atomic E-state index is -0.398. The minimum Gasteiger partial charge on any atom is -0.352 e. The van der Waals surface area contributed by atoms with Gasteiger partial charge in [-0.2, -0.15) is 0 Å². The molecule has 1 amide bonds. The summed E-state index contributed by atoms with van der Waals surface area (Å²) in [6.45, 7) is 2.75. The van der Waals surface area contributed by atoms with Crippen LogP contribution in [-0.2, 0) is 6.42 Å². The number of carbonyl (C=O) groups excluding carboxylic acids is 1. The molecule has 5 heteroatoms. The summed E-state index contributed by atoms with van der Waals surface area (Å²) >= 11 is 0. The van der Waals surface area contributed by atoms with Crippen molar-refractivity contribution in [2.45, 2.75) is 13.3 Å². The smallest absolute Gasteiger partial charge is 0.252 e. The fourth-order valence-corrected chi connectivity index (χ4v) is 3.00.